The summed E-state index contributed by atoms with van der Waals surface area (Å²) in [7, 11) is 0. The number of carbonyl (C=O) groups excluding carboxylic acids is 1. The van der Waals surface area contributed by atoms with Gasteiger partial charge in [-0.3, -0.25) is 4.79 Å². The summed E-state index contributed by atoms with van der Waals surface area (Å²) in [6.45, 7) is 4.27. The average molecular weight is 246 g/mol. The second-order valence-electron chi connectivity index (χ2n) is 3.96. The molecule has 0 radical (unpaired) electrons. The first-order valence-corrected chi connectivity index (χ1v) is 5.60. The second-order valence-corrected chi connectivity index (χ2v) is 4.33. The fourth-order valence-electron chi connectivity index (χ4n) is 1.19. The molecule has 0 saturated carbocycles. The summed E-state index contributed by atoms with van der Waals surface area (Å²) < 4.78 is 4.94. The maximum absolute atomic E-state index is 11.5. The molecule has 0 fully saturated rings. The van der Waals surface area contributed by atoms with E-state index in [0.717, 1.165) is 0 Å². The van der Waals surface area contributed by atoms with E-state index in [2.05, 4.69) is 5.32 Å². The molecule has 0 bridgehead atoms. The largest absolute Gasteiger partial charge is 0.440 e. The van der Waals surface area contributed by atoms with Gasteiger partial charge in [-0.1, -0.05) is 13.8 Å². The van der Waals surface area contributed by atoms with E-state index in [1.807, 2.05) is 13.8 Å². The lowest BCUT2D eigenvalue weighted by Crippen LogP contribution is -2.28. The minimum atomic E-state index is -0.402. The highest BCUT2D eigenvalue weighted by Gasteiger charge is 2.12. The number of nitrogens with one attached hydrogen (secondary N) is 1. The van der Waals surface area contributed by atoms with E-state index in [4.69, 9.17) is 16.0 Å². The van der Waals surface area contributed by atoms with E-state index in [1.54, 1.807) is 0 Å². The van der Waals surface area contributed by atoms with Gasteiger partial charge < -0.3 is 14.8 Å². The summed E-state index contributed by atoms with van der Waals surface area (Å²) >= 11 is 5.54. The quantitative estimate of drug-likeness (QED) is 0.835. The number of furan rings is 1. The Hall–Kier alpha value is -1.00. The van der Waals surface area contributed by atoms with Crippen molar-refractivity contribution >= 4 is 17.5 Å². The Morgan fingerprint density at radius 1 is 1.56 bits per heavy atom. The predicted molar refractivity (Wildman–Crippen MR) is 61.5 cm³/mol. The molecule has 0 aliphatic carbocycles. The molecule has 1 unspecified atom stereocenters. The summed E-state index contributed by atoms with van der Waals surface area (Å²) in [6.07, 6.45) is 0.123. The average Bonchev–Trinajstić information content (AvgIpc) is 2.64. The Labute approximate surface area is 99.6 Å². The van der Waals surface area contributed by atoms with Gasteiger partial charge in [-0.05, 0) is 36.1 Å². The Bertz CT molecular complexity index is 349. The molecule has 0 aliphatic rings. The molecule has 1 aromatic rings. The van der Waals surface area contributed by atoms with Crippen molar-refractivity contribution in [2.24, 2.45) is 5.92 Å². The molecule has 90 valence electrons. The van der Waals surface area contributed by atoms with Crippen molar-refractivity contribution in [1.29, 1.82) is 0 Å². The van der Waals surface area contributed by atoms with Gasteiger partial charge in [0.2, 0.25) is 0 Å². The first kappa shape index (κ1) is 13.1. The number of hydrogen-bond donors (Lipinski definition) is 2. The maximum atomic E-state index is 11.5. The standard InChI is InChI=1S/C11H16ClNO3/c1-7(2)8(14)5-6-13-11(15)9-3-4-10(12)16-9/h3-4,7-8,14H,5-6H2,1-2H3,(H,13,15). The zero-order chi connectivity index (χ0) is 12.1. The molecule has 0 aromatic carbocycles. The number of carbonyl (C=O) groups is 1. The van der Waals surface area contributed by atoms with Gasteiger partial charge >= 0.3 is 0 Å². The normalized spacial score (nSPS) is 12.8. The fraction of sp³-hybridized carbons (Fsp3) is 0.545. The Balaban J connectivity index is 2.31. The number of halogens is 1. The van der Waals surface area contributed by atoms with Crippen LogP contribution in [0.1, 0.15) is 30.8 Å². The van der Waals surface area contributed by atoms with Crippen molar-refractivity contribution < 1.29 is 14.3 Å². The van der Waals surface area contributed by atoms with Gasteiger partial charge in [-0.25, -0.2) is 0 Å². The highest BCUT2D eigenvalue weighted by molar-refractivity contribution is 6.29. The van der Waals surface area contributed by atoms with Crippen LogP contribution in [0.25, 0.3) is 0 Å². The Morgan fingerprint density at radius 2 is 2.25 bits per heavy atom. The van der Waals surface area contributed by atoms with Crippen LogP contribution in [0.2, 0.25) is 5.22 Å². The molecule has 1 amide bonds. The molecule has 5 heteroatoms. The third kappa shape index (κ3) is 3.87. The molecular formula is C11H16ClNO3. The van der Waals surface area contributed by atoms with E-state index >= 15 is 0 Å². The Morgan fingerprint density at radius 3 is 2.75 bits per heavy atom. The summed E-state index contributed by atoms with van der Waals surface area (Å²) in [5.74, 6) is 0.0573. The molecular weight excluding hydrogens is 230 g/mol. The first-order valence-electron chi connectivity index (χ1n) is 5.22. The third-order valence-corrected chi connectivity index (χ3v) is 2.50. The summed E-state index contributed by atoms with van der Waals surface area (Å²) in [6, 6.07) is 3.02. The van der Waals surface area contributed by atoms with Gasteiger partial charge in [-0.15, -0.1) is 0 Å². The fourth-order valence-corrected chi connectivity index (χ4v) is 1.34. The van der Waals surface area contributed by atoms with Gasteiger partial charge in [0.15, 0.2) is 11.0 Å². The topological polar surface area (TPSA) is 62.5 Å². The SMILES string of the molecule is CC(C)C(O)CCNC(=O)c1ccc(Cl)o1. The van der Waals surface area contributed by atoms with E-state index in [9.17, 15) is 9.90 Å². The van der Waals surface area contributed by atoms with E-state index in [0.29, 0.717) is 13.0 Å². The monoisotopic (exact) mass is 245 g/mol. The van der Waals surface area contributed by atoms with Crippen molar-refractivity contribution in [3.05, 3.63) is 23.1 Å². The number of rotatable bonds is 5. The van der Waals surface area contributed by atoms with Crippen molar-refractivity contribution in [2.45, 2.75) is 26.4 Å². The van der Waals surface area contributed by atoms with Crippen LogP contribution in [-0.4, -0.2) is 23.7 Å². The zero-order valence-electron chi connectivity index (χ0n) is 9.37. The van der Waals surface area contributed by atoms with E-state index in [-0.39, 0.29) is 22.8 Å². The van der Waals surface area contributed by atoms with Gasteiger partial charge in [0, 0.05) is 6.54 Å². The number of hydrogen-bond acceptors (Lipinski definition) is 3. The van der Waals surface area contributed by atoms with Crippen LogP contribution in [0.4, 0.5) is 0 Å². The molecule has 4 nitrogen and oxygen atoms in total. The lowest BCUT2D eigenvalue weighted by atomic mass is 10.0. The number of aliphatic hydroxyl groups is 1. The minimum absolute atomic E-state index is 0.184. The smallest absolute Gasteiger partial charge is 0.287 e. The zero-order valence-corrected chi connectivity index (χ0v) is 10.1. The Kier molecular flexibility index (Phi) is 4.83. The van der Waals surface area contributed by atoms with Crippen LogP contribution in [0.3, 0.4) is 0 Å². The molecule has 1 rings (SSSR count). The highest BCUT2D eigenvalue weighted by atomic mass is 35.5. The molecule has 2 N–H and O–H groups in total. The van der Waals surface area contributed by atoms with Crippen LogP contribution in [-0.2, 0) is 0 Å². The van der Waals surface area contributed by atoms with Crippen molar-refractivity contribution in [3.63, 3.8) is 0 Å². The lowest BCUT2D eigenvalue weighted by molar-refractivity contribution is 0.0895. The molecule has 1 atom stereocenters. The number of aliphatic hydroxyl groups excluding tert-OH is 1. The van der Waals surface area contributed by atoms with Crippen molar-refractivity contribution in [2.75, 3.05) is 6.54 Å². The van der Waals surface area contributed by atoms with Crippen LogP contribution in [0.15, 0.2) is 16.5 Å². The van der Waals surface area contributed by atoms with Crippen molar-refractivity contribution in [1.82, 2.24) is 5.32 Å². The number of amides is 1. The van der Waals surface area contributed by atoms with E-state index < -0.39 is 6.10 Å². The van der Waals surface area contributed by atoms with Crippen LogP contribution >= 0.6 is 11.6 Å². The lowest BCUT2D eigenvalue weighted by Gasteiger charge is -2.13. The van der Waals surface area contributed by atoms with Gasteiger partial charge in [0.05, 0.1) is 6.10 Å². The van der Waals surface area contributed by atoms with Gasteiger partial charge in [0.25, 0.3) is 5.91 Å². The summed E-state index contributed by atoms with van der Waals surface area (Å²) in [4.78, 5) is 11.5. The van der Waals surface area contributed by atoms with Crippen LogP contribution < -0.4 is 5.32 Å². The van der Waals surface area contributed by atoms with Crippen molar-refractivity contribution in [3.8, 4) is 0 Å². The van der Waals surface area contributed by atoms with Gasteiger partial charge in [-0.2, -0.15) is 0 Å². The molecule has 16 heavy (non-hydrogen) atoms. The first-order chi connectivity index (χ1) is 7.50. The third-order valence-electron chi connectivity index (χ3n) is 2.29. The van der Waals surface area contributed by atoms with E-state index in [1.165, 1.54) is 12.1 Å². The highest BCUT2D eigenvalue weighted by Crippen LogP contribution is 2.12. The summed E-state index contributed by atoms with van der Waals surface area (Å²) in [5.41, 5.74) is 0. The summed E-state index contributed by atoms with van der Waals surface area (Å²) in [5, 5.41) is 12.4. The molecule has 1 aromatic heterocycles. The molecule has 0 saturated heterocycles. The maximum Gasteiger partial charge on any atom is 0.287 e. The molecule has 0 aliphatic heterocycles. The molecule has 0 spiro atoms. The minimum Gasteiger partial charge on any atom is -0.440 e. The van der Waals surface area contributed by atoms with Crippen LogP contribution in [0.5, 0.6) is 0 Å². The molecule has 1 heterocycles. The predicted octanol–water partition coefficient (Wildman–Crippen LogP) is 2.07. The van der Waals surface area contributed by atoms with Gasteiger partial charge in [0.1, 0.15) is 0 Å². The second kappa shape index (κ2) is 5.92. The van der Waals surface area contributed by atoms with Crippen LogP contribution in [0, 0.1) is 5.92 Å².